The molecular formula is C10H21NO. The molecule has 0 saturated heterocycles. The van der Waals surface area contributed by atoms with Gasteiger partial charge in [0.15, 0.2) is 0 Å². The summed E-state index contributed by atoms with van der Waals surface area (Å²) in [7, 11) is 0. The zero-order valence-corrected chi connectivity index (χ0v) is 8.21. The quantitative estimate of drug-likeness (QED) is 0.675. The predicted octanol–water partition coefficient (Wildman–Crippen LogP) is 1.54. The topological polar surface area (TPSA) is 32.3 Å². The first-order chi connectivity index (χ1) is 5.74. The molecule has 0 aromatic carbocycles. The highest BCUT2D eigenvalue weighted by Gasteiger charge is 2.21. The predicted molar refractivity (Wildman–Crippen MR) is 51.1 cm³/mol. The van der Waals surface area contributed by atoms with Gasteiger partial charge in [-0.15, -0.1) is 0 Å². The van der Waals surface area contributed by atoms with Gasteiger partial charge in [0, 0.05) is 12.1 Å². The minimum atomic E-state index is 0.253. The summed E-state index contributed by atoms with van der Waals surface area (Å²) in [6.07, 6.45) is 5.36. The first-order valence-electron chi connectivity index (χ1n) is 5.11. The maximum Gasteiger partial charge on any atom is 0.0582 e. The average Bonchev–Trinajstić information content (AvgIpc) is 2.09. The second-order valence-corrected chi connectivity index (χ2v) is 4.12. The highest BCUT2D eigenvalue weighted by molar-refractivity contribution is 4.79. The standard InChI is InChI=1S/C10H21NO/c1-8-5-3-4-6-10(8)11-9(2)7-12/h8-12H,3-7H2,1-2H3/t8-,9+,10-/m1/s1. The highest BCUT2D eigenvalue weighted by atomic mass is 16.3. The third-order valence-electron chi connectivity index (χ3n) is 2.88. The monoisotopic (exact) mass is 171 g/mol. The molecule has 2 heteroatoms. The van der Waals surface area contributed by atoms with E-state index in [1.54, 1.807) is 0 Å². The van der Waals surface area contributed by atoms with Crippen LogP contribution >= 0.6 is 0 Å². The molecular weight excluding hydrogens is 150 g/mol. The average molecular weight is 171 g/mol. The fraction of sp³-hybridized carbons (Fsp3) is 1.00. The van der Waals surface area contributed by atoms with E-state index in [4.69, 9.17) is 5.11 Å². The lowest BCUT2D eigenvalue weighted by atomic mass is 9.85. The van der Waals surface area contributed by atoms with Crippen molar-refractivity contribution in [3.8, 4) is 0 Å². The Hall–Kier alpha value is -0.0800. The first-order valence-corrected chi connectivity index (χ1v) is 5.11. The first kappa shape index (κ1) is 10.0. The van der Waals surface area contributed by atoms with Crippen molar-refractivity contribution in [2.24, 2.45) is 5.92 Å². The Balaban J connectivity index is 2.28. The van der Waals surface area contributed by atoms with Gasteiger partial charge in [-0.25, -0.2) is 0 Å². The van der Waals surface area contributed by atoms with Crippen molar-refractivity contribution >= 4 is 0 Å². The second kappa shape index (κ2) is 4.83. The van der Waals surface area contributed by atoms with Crippen molar-refractivity contribution in [1.29, 1.82) is 0 Å². The molecule has 1 saturated carbocycles. The molecule has 1 fully saturated rings. The van der Waals surface area contributed by atoms with Gasteiger partial charge in [-0.1, -0.05) is 19.8 Å². The second-order valence-electron chi connectivity index (χ2n) is 4.12. The number of aliphatic hydroxyl groups is 1. The molecule has 72 valence electrons. The van der Waals surface area contributed by atoms with Crippen LogP contribution in [0.5, 0.6) is 0 Å². The van der Waals surface area contributed by atoms with Crippen LogP contribution in [-0.4, -0.2) is 23.8 Å². The largest absolute Gasteiger partial charge is 0.395 e. The molecule has 1 aliphatic rings. The van der Waals surface area contributed by atoms with Crippen molar-refractivity contribution in [2.45, 2.75) is 51.6 Å². The summed E-state index contributed by atoms with van der Waals surface area (Å²) in [5.41, 5.74) is 0. The van der Waals surface area contributed by atoms with Crippen LogP contribution in [0.25, 0.3) is 0 Å². The van der Waals surface area contributed by atoms with Gasteiger partial charge in [-0.2, -0.15) is 0 Å². The third-order valence-corrected chi connectivity index (χ3v) is 2.88. The molecule has 0 radical (unpaired) electrons. The van der Waals surface area contributed by atoms with E-state index in [0.717, 1.165) is 5.92 Å². The Morgan fingerprint density at radius 1 is 1.42 bits per heavy atom. The zero-order chi connectivity index (χ0) is 8.97. The minimum Gasteiger partial charge on any atom is -0.395 e. The van der Waals surface area contributed by atoms with Crippen LogP contribution in [0.4, 0.5) is 0 Å². The molecule has 12 heavy (non-hydrogen) atoms. The Bertz CT molecular complexity index is 127. The number of nitrogens with one attached hydrogen (secondary N) is 1. The Labute approximate surface area is 75.4 Å². The van der Waals surface area contributed by atoms with Gasteiger partial charge in [0.1, 0.15) is 0 Å². The van der Waals surface area contributed by atoms with E-state index in [9.17, 15) is 0 Å². The fourth-order valence-corrected chi connectivity index (χ4v) is 1.98. The Kier molecular flexibility index (Phi) is 4.02. The van der Waals surface area contributed by atoms with E-state index in [1.807, 2.05) is 6.92 Å². The summed E-state index contributed by atoms with van der Waals surface area (Å²) in [4.78, 5) is 0. The summed E-state index contributed by atoms with van der Waals surface area (Å²) in [6, 6.07) is 0.899. The summed E-state index contributed by atoms with van der Waals surface area (Å²) in [5, 5.41) is 12.4. The van der Waals surface area contributed by atoms with Gasteiger partial charge < -0.3 is 10.4 Å². The molecule has 3 atom stereocenters. The number of rotatable bonds is 3. The van der Waals surface area contributed by atoms with Crippen LogP contribution in [0.2, 0.25) is 0 Å². The van der Waals surface area contributed by atoms with E-state index in [-0.39, 0.29) is 12.6 Å². The fourth-order valence-electron chi connectivity index (χ4n) is 1.98. The molecule has 0 aromatic rings. The number of hydrogen-bond donors (Lipinski definition) is 2. The summed E-state index contributed by atoms with van der Waals surface area (Å²) < 4.78 is 0. The van der Waals surface area contributed by atoms with Gasteiger partial charge >= 0.3 is 0 Å². The smallest absolute Gasteiger partial charge is 0.0582 e. The lowest BCUT2D eigenvalue weighted by Gasteiger charge is -2.31. The summed E-state index contributed by atoms with van der Waals surface area (Å²) in [5.74, 6) is 0.785. The molecule has 1 aliphatic carbocycles. The maximum absolute atomic E-state index is 8.89. The van der Waals surface area contributed by atoms with E-state index >= 15 is 0 Å². The molecule has 0 aliphatic heterocycles. The van der Waals surface area contributed by atoms with E-state index < -0.39 is 0 Å². The molecule has 0 spiro atoms. The zero-order valence-electron chi connectivity index (χ0n) is 8.21. The van der Waals surface area contributed by atoms with Crippen molar-refractivity contribution in [1.82, 2.24) is 5.32 Å². The van der Waals surface area contributed by atoms with E-state index in [0.29, 0.717) is 6.04 Å². The molecule has 2 nitrogen and oxygen atoms in total. The molecule has 0 amide bonds. The van der Waals surface area contributed by atoms with E-state index in [2.05, 4.69) is 12.2 Å². The third kappa shape index (κ3) is 2.76. The SMILES string of the molecule is C[C@@H]1CCCC[C@H]1N[C@@H](C)CO. The maximum atomic E-state index is 8.89. The van der Waals surface area contributed by atoms with Gasteiger partial charge in [-0.3, -0.25) is 0 Å². The normalized spacial score (nSPS) is 33.2. The van der Waals surface area contributed by atoms with Gasteiger partial charge in [0.05, 0.1) is 6.61 Å². The van der Waals surface area contributed by atoms with Crippen molar-refractivity contribution < 1.29 is 5.11 Å². The molecule has 0 unspecified atom stereocenters. The lowest BCUT2D eigenvalue weighted by Crippen LogP contribution is -2.43. The van der Waals surface area contributed by atoms with Crippen molar-refractivity contribution in [2.75, 3.05) is 6.61 Å². The van der Waals surface area contributed by atoms with Crippen LogP contribution in [0.1, 0.15) is 39.5 Å². The molecule has 0 aromatic heterocycles. The molecule has 2 N–H and O–H groups in total. The Morgan fingerprint density at radius 2 is 2.08 bits per heavy atom. The van der Waals surface area contributed by atoms with Crippen LogP contribution in [0, 0.1) is 5.92 Å². The Morgan fingerprint density at radius 3 is 2.67 bits per heavy atom. The van der Waals surface area contributed by atoms with Gasteiger partial charge in [0.2, 0.25) is 0 Å². The summed E-state index contributed by atoms with van der Waals surface area (Å²) >= 11 is 0. The van der Waals surface area contributed by atoms with E-state index in [1.165, 1.54) is 25.7 Å². The molecule has 0 heterocycles. The number of hydrogen-bond acceptors (Lipinski definition) is 2. The van der Waals surface area contributed by atoms with Crippen LogP contribution in [0.15, 0.2) is 0 Å². The van der Waals surface area contributed by atoms with Crippen molar-refractivity contribution in [3.63, 3.8) is 0 Å². The molecule has 0 bridgehead atoms. The van der Waals surface area contributed by atoms with Crippen molar-refractivity contribution in [3.05, 3.63) is 0 Å². The van der Waals surface area contributed by atoms with Crippen LogP contribution in [-0.2, 0) is 0 Å². The summed E-state index contributed by atoms with van der Waals surface area (Å²) in [6.45, 7) is 4.60. The number of aliphatic hydroxyl groups excluding tert-OH is 1. The van der Waals surface area contributed by atoms with Crippen LogP contribution in [0.3, 0.4) is 0 Å². The van der Waals surface area contributed by atoms with Crippen LogP contribution < -0.4 is 5.32 Å². The lowest BCUT2D eigenvalue weighted by molar-refractivity contribution is 0.204. The highest BCUT2D eigenvalue weighted by Crippen LogP contribution is 2.23. The molecule has 1 rings (SSSR count). The van der Waals surface area contributed by atoms with Gasteiger partial charge in [0.25, 0.3) is 0 Å². The van der Waals surface area contributed by atoms with Gasteiger partial charge in [-0.05, 0) is 25.7 Å². The minimum absolute atomic E-state index is 0.253.